The van der Waals surface area contributed by atoms with E-state index in [2.05, 4.69) is 18.7 Å². The summed E-state index contributed by atoms with van der Waals surface area (Å²) < 4.78 is 27.0. The molecule has 2 aliphatic heterocycles. The maximum absolute atomic E-state index is 12.7. The van der Waals surface area contributed by atoms with Crippen LogP contribution in [0.5, 0.6) is 0 Å². The molecule has 0 unspecified atom stereocenters. The van der Waals surface area contributed by atoms with E-state index in [-0.39, 0.29) is 10.4 Å². The molecule has 0 radical (unpaired) electrons. The average molecular weight is 357 g/mol. The van der Waals surface area contributed by atoms with Crippen molar-refractivity contribution < 1.29 is 8.42 Å². The van der Waals surface area contributed by atoms with Gasteiger partial charge < -0.3 is 0 Å². The molecule has 0 amide bonds. The van der Waals surface area contributed by atoms with Crippen molar-refractivity contribution in [3.05, 3.63) is 29.8 Å². The van der Waals surface area contributed by atoms with E-state index < -0.39 is 10.0 Å². The molecule has 2 heterocycles. The Labute approximate surface area is 144 Å². The predicted octanol–water partition coefficient (Wildman–Crippen LogP) is 2.85. The molecule has 0 saturated carbocycles. The first kappa shape index (κ1) is 17.2. The molecule has 0 spiro atoms. The zero-order valence-electron chi connectivity index (χ0n) is 14.0. The fourth-order valence-corrected chi connectivity index (χ4v) is 5.37. The predicted molar refractivity (Wildman–Crippen MR) is 93.4 cm³/mol. The van der Waals surface area contributed by atoms with Gasteiger partial charge in [0, 0.05) is 31.7 Å². The molecule has 23 heavy (non-hydrogen) atoms. The number of hydrogen-bond acceptors (Lipinski definition) is 3. The van der Waals surface area contributed by atoms with E-state index in [0.717, 1.165) is 31.5 Å². The van der Waals surface area contributed by atoms with Gasteiger partial charge in [0.25, 0.3) is 0 Å². The zero-order chi connectivity index (χ0) is 16.9. The molecule has 2 fully saturated rings. The summed E-state index contributed by atoms with van der Waals surface area (Å²) >= 11 is 6.49. The van der Waals surface area contributed by atoms with Crippen molar-refractivity contribution in [1.29, 1.82) is 0 Å². The lowest BCUT2D eigenvalue weighted by molar-refractivity contribution is -0.0722. The van der Waals surface area contributed by atoms with Gasteiger partial charge in [-0.15, -0.1) is 11.6 Å². The minimum atomic E-state index is -3.38. The van der Waals surface area contributed by atoms with Crippen LogP contribution in [0.2, 0.25) is 0 Å². The molecule has 0 aromatic heterocycles. The number of halogens is 1. The highest BCUT2D eigenvalue weighted by Gasteiger charge is 2.56. The SMILES string of the molecule is CCC1(Cl)CN(C2(CC)CN(S(=O)(=O)c3ccc(C)cc3)C2)C1. The van der Waals surface area contributed by atoms with Crippen LogP contribution in [-0.4, -0.2) is 54.2 Å². The Bertz CT molecular complexity index is 675. The van der Waals surface area contributed by atoms with Crippen LogP contribution in [0.15, 0.2) is 29.2 Å². The molecule has 0 aliphatic carbocycles. The van der Waals surface area contributed by atoms with Gasteiger partial charge in [0.15, 0.2) is 0 Å². The molecule has 1 aromatic carbocycles. The third kappa shape index (κ3) is 2.82. The van der Waals surface area contributed by atoms with Crippen molar-refractivity contribution in [3.63, 3.8) is 0 Å². The van der Waals surface area contributed by atoms with Gasteiger partial charge >= 0.3 is 0 Å². The number of hydrogen-bond donors (Lipinski definition) is 0. The standard InChI is InChI=1S/C17H25ClN2O2S/c1-4-16(18)10-19(11-16)17(5-2)12-20(13-17)23(21,22)15-8-6-14(3)7-9-15/h6-9H,4-5,10-13H2,1-3H3. The summed E-state index contributed by atoms with van der Waals surface area (Å²) in [7, 11) is -3.38. The van der Waals surface area contributed by atoms with Crippen molar-refractivity contribution >= 4 is 21.6 Å². The summed E-state index contributed by atoms with van der Waals surface area (Å²) in [4.78, 5) is 2.64. The summed E-state index contributed by atoms with van der Waals surface area (Å²) in [5.41, 5.74) is 1.03. The number of aryl methyl sites for hydroxylation is 1. The molecule has 0 bridgehead atoms. The summed E-state index contributed by atoms with van der Waals surface area (Å²) in [6.07, 6.45) is 1.90. The van der Waals surface area contributed by atoms with Gasteiger partial charge in [0.2, 0.25) is 10.0 Å². The van der Waals surface area contributed by atoms with Crippen LogP contribution < -0.4 is 0 Å². The summed E-state index contributed by atoms with van der Waals surface area (Å²) in [5.74, 6) is 0. The second-order valence-corrected chi connectivity index (χ2v) is 9.76. The Kier molecular flexibility index (Phi) is 4.28. The topological polar surface area (TPSA) is 40.6 Å². The van der Waals surface area contributed by atoms with Crippen molar-refractivity contribution in [2.75, 3.05) is 26.2 Å². The minimum absolute atomic E-state index is 0.0364. The average Bonchev–Trinajstić information content (AvgIpc) is 2.44. The van der Waals surface area contributed by atoms with Crippen LogP contribution in [0.25, 0.3) is 0 Å². The number of likely N-dealkylation sites (tertiary alicyclic amines) is 1. The quantitative estimate of drug-likeness (QED) is 0.762. The summed E-state index contributed by atoms with van der Waals surface area (Å²) in [6, 6.07) is 7.08. The first-order valence-electron chi connectivity index (χ1n) is 8.25. The third-order valence-electron chi connectivity index (χ3n) is 5.51. The highest BCUT2D eigenvalue weighted by atomic mass is 35.5. The van der Waals surface area contributed by atoms with Crippen molar-refractivity contribution in [3.8, 4) is 0 Å². The van der Waals surface area contributed by atoms with E-state index in [0.29, 0.717) is 18.0 Å². The van der Waals surface area contributed by atoms with Crippen LogP contribution in [0.4, 0.5) is 0 Å². The lowest BCUT2D eigenvalue weighted by Crippen LogP contribution is -2.77. The monoisotopic (exact) mass is 356 g/mol. The van der Waals surface area contributed by atoms with Gasteiger partial charge in [0.05, 0.1) is 9.77 Å². The molecule has 3 rings (SSSR count). The molecule has 2 saturated heterocycles. The van der Waals surface area contributed by atoms with E-state index >= 15 is 0 Å². The van der Waals surface area contributed by atoms with Gasteiger partial charge in [-0.1, -0.05) is 31.5 Å². The summed E-state index contributed by atoms with van der Waals surface area (Å²) in [6.45, 7) is 9.05. The van der Waals surface area contributed by atoms with E-state index in [4.69, 9.17) is 11.6 Å². The van der Waals surface area contributed by atoms with Crippen LogP contribution in [-0.2, 0) is 10.0 Å². The Morgan fingerprint density at radius 2 is 1.61 bits per heavy atom. The van der Waals surface area contributed by atoms with Gasteiger partial charge in [-0.2, -0.15) is 4.31 Å². The van der Waals surface area contributed by atoms with Gasteiger partial charge in [-0.05, 0) is 31.9 Å². The first-order valence-corrected chi connectivity index (χ1v) is 10.1. The van der Waals surface area contributed by atoms with Crippen molar-refractivity contribution in [1.82, 2.24) is 9.21 Å². The normalized spacial score (nSPS) is 24.0. The molecule has 128 valence electrons. The zero-order valence-corrected chi connectivity index (χ0v) is 15.6. The Morgan fingerprint density at radius 3 is 2.09 bits per heavy atom. The lowest BCUT2D eigenvalue weighted by atomic mass is 9.81. The van der Waals surface area contributed by atoms with Crippen LogP contribution in [0.1, 0.15) is 32.3 Å². The molecular weight excluding hydrogens is 332 g/mol. The minimum Gasteiger partial charge on any atom is -0.291 e. The van der Waals surface area contributed by atoms with Crippen molar-refractivity contribution in [2.24, 2.45) is 0 Å². The number of rotatable bonds is 5. The molecule has 0 N–H and O–H groups in total. The van der Waals surface area contributed by atoms with Crippen LogP contribution in [0, 0.1) is 6.92 Å². The first-order chi connectivity index (χ1) is 10.7. The van der Waals surface area contributed by atoms with E-state index in [1.165, 1.54) is 0 Å². The second-order valence-electron chi connectivity index (χ2n) is 7.02. The number of alkyl halides is 1. The Balaban J connectivity index is 1.70. The van der Waals surface area contributed by atoms with Crippen LogP contribution >= 0.6 is 11.6 Å². The van der Waals surface area contributed by atoms with Crippen molar-refractivity contribution in [2.45, 2.75) is 48.9 Å². The number of nitrogens with zero attached hydrogens (tertiary/aromatic N) is 2. The summed E-state index contributed by atoms with van der Waals surface area (Å²) in [5, 5.41) is 0. The van der Waals surface area contributed by atoms with E-state index in [1.807, 2.05) is 19.1 Å². The molecule has 2 aliphatic rings. The van der Waals surface area contributed by atoms with E-state index in [9.17, 15) is 8.42 Å². The maximum Gasteiger partial charge on any atom is 0.243 e. The number of sulfonamides is 1. The fraction of sp³-hybridized carbons (Fsp3) is 0.647. The molecular formula is C17H25ClN2O2S. The fourth-order valence-electron chi connectivity index (χ4n) is 3.48. The van der Waals surface area contributed by atoms with Gasteiger partial charge in [0.1, 0.15) is 0 Å². The highest BCUT2D eigenvalue weighted by molar-refractivity contribution is 7.89. The number of benzene rings is 1. The third-order valence-corrected chi connectivity index (χ3v) is 7.82. The highest BCUT2D eigenvalue weighted by Crippen LogP contribution is 2.43. The largest absolute Gasteiger partial charge is 0.291 e. The van der Waals surface area contributed by atoms with Gasteiger partial charge in [-0.3, -0.25) is 4.90 Å². The molecule has 0 atom stereocenters. The second kappa shape index (κ2) is 5.73. The lowest BCUT2D eigenvalue weighted by Gasteiger charge is -2.62. The van der Waals surface area contributed by atoms with E-state index in [1.54, 1.807) is 16.4 Å². The smallest absolute Gasteiger partial charge is 0.243 e. The molecule has 1 aromatic rings. The Morgan fingerprint density at radius 1 is 1.04 bits per heavy atom. The maximum atomic E-state index is 12.7. The van der Waals surface area contributed by atoms with Crippen LogP contribution in [0.3, 0.4) is 0 Å². The Hall–Kier alpha value is -0.620. The van der Waals surface area contributed by atoms with Gasteiger partial charge in [-0.25, -0.2) is 8.42 Å². The molecule has 6 heteroatoms. The molecule has 4 nitrogen and oxygen atoms in total.